The number of nitrogens with zero attached hydrogens (tertiary/aromatic N) is 2. The third-order valence-corrected chi connectivity index (χ3v) is 4.35. The summed E-state index contributed by atoms with van der Waals surface area (Å²) in [5.41, 5.74) is 1.70. The maximum atomic E-state index is 10.8. The maximum Gasteiger partial charge on any atom is 0.313 e. The number of carboxylic acids is 1. The van der Waals surface area contributed by atoms with Crippen molar-refractivity contribution < 1.29 is 9.90 Å². The largest absolute Gasteiger partial charge is 0.481 e. The molecule has 1 unspecified atom stereocenters. The molecular weight excluding hydrogens is 296 g/mol. The van der Waals surface area contributed by atoms with Crippen LogP contribution in [0.3, 0.4) is 0 Å². The number of hydrogen-bond donors (Lipinski definition) is 1. The molecule has 2 rings (SSSR count). The highest BCUT2D eigenvalue weighted by molar-refractivity contribution is 7.99. The Morgan fingerprint density at radius 1 is 1.55 bits per heavy atom. The monoisotopic (exact) mass is 312 g/mol. The molecule has 1 heterocycles. The maximum absolute atomic E-state index is 10.8. The van der Waals surface area contributed by atoms with Gasteiger partial charge in [-0.25, -0.2) is 4.98 Å². The van der Waals surface area contributed by atoms with Crippen molar-refractivity contribution in [1.82, 2.24) is 9.55 Å². The minimum Gasteiger partial charge on any atom is -0.481 e. The molecule has 0 aliphatic heterocycles. The minimum atomic E-state index is -0.845. The van der Waals surface area contributed by atoms with E-state index in [9.17, 15) is 4.79 Å². The van der Waals surface area contributed by atoms with E-state index >= 15 is 0 Å². The van der Waals surface area contributed by atoms with Gasteiger partial charge in [-0.3, -0.25) is 4.79 Å². The molecule has 0 aliphatic rings. The van der Waals surface area contributed by atoms with E-state index in [1.165, 1.54) is 11.8 Å². The topological polar surface area (TPSA) is 55.1 Å². The van der Waals surface area contributed by atoms with E-state index < -0.39 is 5.97 Å². The Kier molecular flexibility index (Phi) is 4.94. The molecule has 6 heteroatoms. The van der Waals surface area contributed by atoms with Gasteiger partial charge in [0, 0.05) is 6.04 Å². The zero-order valence-electron chi connectivity index (χ0n) is 11.5. The van der Waals surface area contributed by atoms with Crippen molar-refractivity contribution in [1.29, 1.82) is 0 Å². The van der Waals surface area contributed by atoms with Crippen molar-refractivity contribution in [3.8, 4) is 0 Å². The summed E-state index contributed by atoms with van der Waals surface area (Å²) in [6.45, 7) is 4.25. The number of benzene rings is 1. The van der Waals surface area contributed by atoms with E-state index in [4.69, 9.17) is 16.7 Å². The fourth-order valence-electron chi connectivity index (χ4n) is 2.26. The number of imidazole rings is 1. The van der Waals surface area contributed by atoms with E-state index in [0.29, 0.717) is 5.02 Å². The van der Waals surface area contributed by atoms with Gasteiger partial charge in [0.1, 0.15) is 5.52 Å². The van der Waals surface area contributed by atoms with Crippen LogP contribution in [0.25, 0.3) is 11.0 Å². The van der Waals surface area contributed by atoms with Crippen LogP contribution in [0.15, 0.2) is 23.4 Å². The lowest BCUT2D eigenvalue weighted by atomic mass is 10.2. The molecule has 0 spiro atoms. The van der Waals surface area contributed by atoms with Gasteiger partial charge in [0.05, 0.1) is 16.3 Å². The number of aromatic nitrogens is 2. The Hall–Kier alpha value is -1.20. The molecule has 0 fully saturated rings. The first-order valence-electron chi connectivity index (χ1n) is 6.55. The molecule has 1 atom stereocenters. The number of aliphatic carboxylic acids is 1. The van der Waals surface area contributed by atoms with Crippen molar-refractivity contribution in [2.45, 2.75) is 37.9 Å². The summed E-state index contributed by atoms with van der Waals surface area (Å²) in [5.74, 6) is -0.845. The molecule has 1 aromatic carbocycles. The second kappa shape index (κ2) is 6.50. The summed E-state index contributed by atoms with van der Waals surface area (Å²) < 4.78 is 2.10. The summed E-state index contributed by atoms with van der Waals surface area (Å²) in [7, 11) is 0. The lowest BCUT2D eigenvalue weighted by molar-refractivity contribution is -0.133. The van der Waals surface area contributed by atoms with Crippen LogP contribution in [0.2, 0.25) is 5.02 Å². The van der Waals surface area contributed by atoms with Gasteiger partial charge in [0.15, 0.2) is 5.16 Å². The van der Waals surface area contributed by atoms with Crippen LogP contribution in [0.1, 0.15) is 32.7 Å². The summed E-state index contributed by atoms with van der Waals surface area (Å²) in [5, 5.41) is 10.2. The van der Waals surface area contributed by atoms with E-state index in [0.717, 1.165) is 29.0 Å². The molecule has 0 saturated heterocycles. The Bertz CT molecular complexity index is 627. The SMILES string of the molecule is CCCC(C)n1c(SCC(=O)O)nc2c(Cl)cccc21. The number of hydrogen-bond acceptors (Lipinski definition) is 3. The first-order chi connectivity index (χ1) is 9.54. The molecule has 1 aromatic heterocycles. The molecule has 0 saturated carbocycles. The Morgan fingerprint density at radius 3 is 2.95 bits per heavy atom. The second-order valence-electron chi connectivity index (χ2n) is 4.69. The van der Waals surface area contributed by atoms with Gasteiger partial charge >= 0.3 is 5.97 Å². The number of carbonyl (C=O) groups is 1. The molecule has 0 amide bonds. The Balaban J connectivity index is 2.50. The molecule has 0 aliphatic carbocycles. The summed E-state index contributed by atoms with van der Waals surface area (Å²) in [6.07, 6.45) is 2.07. The van der Waals surface area contributed by atoms with E-state index in [-0.39, 0.29) is 11.8 Å². The number of rotatable bonds is 6. The highest BCUT2D eigenvalue weighted by Crippen LogP contribution is 2.32. The minimum absolute atomic E-state index is 0.000212. The normalized spacial score (nSPS) is 12.8. The molecule has 0 radical (unpaired) electrons. The first kappa shape index (κ1) is 15.2. The van der Waals surface area contributed by atoms with Crippen molar-refractivity contribution >= 4 is 40.4 Å². The highest BCUT2D eigenvalue weighted by Gasteiger charge is 2.18. The van der Waals surface area contributed by atoms with Crippen molar-refractivity contribution in [3.63, 3.8) is 0 Å². The first-order valence-corrected chi connectivity index (χ1v) is 7.92. The second-order valence-corrected chi connectivity index (χ2v) is 6.04. The van der Waals surface area contributed by atoms with Crippen molar-refractivity contribution in [3.05, 3.63) is 23.2 Å². The van der Waals surface area contributed by atoms with Gasteiger partial charge in [-0.15, -0.1) is 0 Å². The van der Waals surface area contributed by atoms with Crippen LogP contribution in [0, 0.1) is 0 Å². The highest BCUT2D eigenvalue weighted by atomic mass is 35.5. The van der Waals surface area contributed by atoms with Gasteiger partial charge in [-0.2, -0.15) is 0 Å². The Morgan fingerprint density at radius 2 is 2.30 bits per heavy atom. The fourth-order valence-corrected chi connectivity index (χ4v) is 3.30. The van der Waals surface area contributed by atoms with Gasteiger partial charge in [0.25, 0.3) is 0 Å². The number of para-hydroxylation sites is 1. The third-order valence-electron chi connectivity index (χ3n) is 3.11. The zero-order valence-corrected chi connectivity index (χ0v) is 13.0. The van der Waals surface area contributed by atoms with Crippen LogP contribution in [0.4, 0.5) is 0 Å². The number of fused-ring (bicyclic) bond motifs is 1. The third kappa shape index (κ3) is 3.10. The smallest absolute Gasteiger partial charge is 0.313 e. The molecular formula is C14H17ClN2O2S. The predicted octanol–water partition coefficient (Wildman–Crippen LogP) is 4.23. The molecule has 20 heavy (non-hydrogen) atoms. The summed E-state index contributed by atoms with van der Waals surface area (Å²) in [4.78, 5) is 15.3. The Labute approximate surface area is 127 Å². The lowest BCUT2D eigenvalue weighted by Gasteiger charge is -2.16. The zero-order chi connectivity index (χ0) is 14.7. The predicted molar refractivity (Wildman–Crippen MR) is 82.7 cm³/mol. The average Bonchev–Trinajstić information content (AvgIpc) is 2.76. The van der Waals surface area contributed by atoms with E-state index in [1.54, 1.807) is 6.07 Å². The summed E-state index contributed by atoms with van der Waals surface area (Å²) >= 11 is 7.42. The van der Waals surface area contributed by atoms with Crippen LogP contribution >= 0.6 is 23.4 Å². The molecule has 0 bridgehead atoms. The molecule has 4 nitrogen and oxygen atoms in total. The van der Waals surface area contributed by atoms with Gasteiger partial charge in [-0.1, -0.05) is 42.8 Å². The fraction of sp³-hybridized carbons (Fsp3) is 0.429. The van der Waals surface area contributed by atoms with Crippen LogP contribution in [-0.4, -0.2) is 26.4 Å². The number of thioether (sulfide) groups is 1. The van der Waals surface area contributed by atoms with E-state index in [2.05, 4.69) is 23.4 Å². The molecule has 1 N–H and O–H groups in total. The van der Waals surface area contributed by atoms with Crippen LogP contribution in [0.5, 0.6) is 0 Å². The quantitative estimate of drug-likeness (QED) is 0.811. The molecule has 2 aromatic rings. The van der Waals surface area contributed by atoms with E-state index in [1.807, 2.05) is 12.1 Å². The van der Waals surface area contributed by atoms with Gasteiger partial charge in [-0.05, 0) is 25.5 Å². The number of carboxylic acid groups (broad SMARTS) is 1. The lowest BCUT2D eigenvalue weighted by Crippen LogP contribution is -2.07. The standard InChI is InChI=1S/C14H17ClN2O2S/c1-3-5-9(2)17-11-7-4-6-10(15)13(11)16-14(17)20-8-12(18)19/h4,6-7,9H,3,5,8H2,1-2H3,(H,18,19). The molecule has 108 valence electrons. The number of halogens is 1. The van der Waals surface area contributed by atoms with Crippen molar-refractivity contribution in [2.75, 3.05) is 5.75 Å². The van der Waals surface area contributed by atoms with Crippen LogP contribution in [-0.2, 0) is 4.79 Å². The van der Waals surface area contributed by atoms with Crippen molar-refractivity contribution in [2.24, 2.45) is 0 Å². The van der Waals surface area contributed by atoms with Gasteiger partial charge < -0.3 is 9.67 Å². The van der Waals surface area contributed by atoms with Crippen LogP contribution < -0.4 is 0 Å². The summed E-state index contributed by atoms with van der Waals surface area (Å²) in [6, 6.07) is 5.94. The average molecular weight is 313 g/mol. The van der Waals surface area contributed by atoms with Gasteiger partial charge in [0.2, 0.25) is 0 Å².